The second-order valence-electron chi connectivity index (χ2n) is 8.58. The molecule has 1 N–H and O–H groups in total. The highest BCUT2D eigenvalue weighted by atomic mass is 16.5. The quantitative estimate of drug-likeness (QED) is 0.705. The van der Waals surface area contributed by atoms with E-state index in [4.69, 9.17) is 9.47 Å². The van der Waals surface area contributed by atoms with Gasteiger partial charge in [-0.3, -0.25) is 4.79 Å². The zero-order valence-corrected chi connectivity index (χ0v) is 15.8. The van der Waals surface area contributed by atoms with Crippen molar-refractivity contribution in [3.63, 3.8) is 0 Å². The number of carbonyl (C=O) groups is 1. The molecule has 26 heavy (non-hydrogen) atoms. The molecule has 142 valence electrons. The molecule has 4 nitrogen and oxygen atoms in total. The Kier molecular flexibility index (Phi) is 5.10. The van der Waals surface area contributed by atoms with Crippen molar-refractivity contribution in [3.8, 4) is 11.5 Å². The van der Waals surface area contributed by atoms with Crippen molar-refractivity contribution in [1.82, 2.24) is 5.32 Å². The lowest BCUT2D eigenvalue weighted by Crippen LogP contribution is -2.59. The molecule has 0 radical (unpaired) electrons. The average Bonchev–Trinajstić information content (AvgIpc) is 2.58. The molecule has 4 saturated carbocycles. The number of hydrogen-bond acceptors (Lipinski definition) is 3. The highest BCUT2D eigenvalue weighted by Gasteiger charge is 2.51. The summed E-state index contributed by atoms with van der Waals surface area (Å²) < 4.78 is 11.4. The molecule has 4 heteroatoms. The first-order valence-corrected chi connectivity index (χ1v) is 10.3. The summed E-state index contributed by atoms with van der Waals surface area (Å²) in [6.45, 7) is 3.12. The first-order chi connectivity index (χ1) is 12.7. The summed E-state index contributed by atoms with van der Waals surface area (Å²) in [7, 11) is 0. The fourth-order valence-corrected chi connectivity index (χ4v) is 5.88. The predicted molar refractivity (Wildman–Crippen MR) is 101 cm³/mol. The Bertz CT molecular complexity index is 607. The maximum atomic E-state index is 12.5. The Morgan fingerprint density at radius 1 is 1.04 bits per heavy atom. The van der Waals surface area contributed by atoms with Gasteiger partial charge in [0.25, 0.3) is 0 Å². The fourth-order valence-electron chi connectivity index (χ4n) is 5.88. The summed E-state index contributed by atoms with van der Waals surface area (Å²) in [5, 5.41) is 3.44. The zero-order chi connectivity index (χ0) is 18.0. The first kappa shape index (κ1) is 17.7. The average molecular weight is 357 g/mol. The Morgan fingerprint density at radius 3 is 2.19 bits per heavy atom. The van der Waals surface area contributed by atoms with E-state index in [9.17, 15) is 4.79 Å². The van der Waals surface area contributed by atoms with E-state index in [1.54, 1.807) is 0 Å². The van der Waals surface area contributed by atoms with Crippen LogP contribution in [0.25, 0.3) is 0 Å². The van der Waals surface area contributed by atoms with Gasteiger partial charge in [0.2, 0.25) is 5.91 Å². The molecule has 0 atom stereocenters. The highest BCUT2D eigenvalue weighted by Crippen LogP contribution is 2.55. The van der Waals surface area contributed by atoms with Gasteiger partial charge in [-0.15, -0.1) is 0 Å². The van der Waals surface area contributed by atoms with Crippen LogP contribution >= 0.6 is 0 Å². The summed E-state index contributed by atoms with van der Waals surface area (Å²) in [6, 6.07) is 7.72. The lowest BCUT2D eigenvalue weighted by molar-refractivity contribution is -0.127. The molecule has 1 aromatic rings. The standard InChI is InChI=1S/C22H31NO3/c1-2-25-19-6-3-4-7-20(19)26-9-5-8-21(24)23-22-13-16-10-17(14-22)12-18(11-16)15-22/h3-4,6-7,16-18H,2,5,8-15H2,1H3,(H,23,24). The van der Waals surface area contributed by atoms with Crippen LogP contribution in [0.4, 0.5) is 0 Å². The molecule has 0 saturated heterocycles. The molecule has 5 rings (SSSR count). The molecular formula is C22H31NO3. The van der Waals surface area contributed by atoms with Crippen LogP contribution < -0.4 is 14.8 Å². The van der Waals surface area contributed by atoms with Crippen molar-refractivity contribution in [2.75, 3.05) is 13.2 Å². The molecule has 4 aliphatic rings. The Balaban J connectivity index is 1.23. The van der Waals surface area contributed by atoms with Gasteiger partial charge in [-0.05, 0) is 81.8 Å². The normalized spacial score (nSPS) is 31.7. The van der Waals surface area contributed by atoms with Gasteiger partial charge in [0.15, 0.2) is 11.5 Å². The summed E-state index contributed by atoms with van der Waals surface area (Å²) in [5.41, 5.74) is 0.119. The van der Waals surface area contributed by atoms with Crippen molar-refractivity contribution in [2.24, 2.45) is 17.8 Å². The summed E-state index contributed by atoms with van der Waals surface area (Å²) >= 11 is 0. The lowest BCUT2D eigenvalue weighted by Gasteiger charge is -2.56. The molecule has 1 amide bonds. The van der Waals surface area contributed by atoms with E-state index in [1.807, 2.05) is 31.2 Å². The molecule has 0 spiro atoms. The van der Waals surface area contributed by atoms with Crippen molar-refractivity contribution in [1.29, 1.82) is 0 Å². The summed E-state index contributed by atoms with van der Waals surface area (Å²) in [6.07, 6.45) is 9.12. The lowest BCUT2D eigenvalue weighted by atomic mass is 9.53. The third-order valence-corrected chi connectivity index (χ3v) is 6.40. The van der Waals surface area contributed by atoms with Crippen molar-refractivity contribution < 1.29 is 14.3 Å². The van der Waals surface area contributed by atoms with Gasteiger partial charge in [0.05, 0.1) is 13.2 Å². The van der Waals surface area contributed by atoms with Crippen molar-refractivity contribution in [3.05, 3.63) is 24.3 Å². The SMILES string of the molecule is CCOc1ccccc1OCCCC(=O)NC12CC3CC(CC(C3)C1)C2. The van der Waals surface area contributed by atoms with Gasteiger partial charge < -0.3 is 14.8 Å². The third kappa shape index (κ3) is 3.84. The van der Waals surface area contributed by atoms with Gasteiger partial charge in [0.1, 0.15) is 0 Å². The molecule has 4 fully saturated rings. The van der Waals surface area contributed by atoms with E-state index in [0.717, 1.165) is 35.7 Å². The molecule has 0 heterocycles. The predicted octanol–water partition coefficient (Wildman–Crippen LogP) is 4.33. The number of rotatable bonds is 8. The van der Waals surface area contributed by atoms with Crippen LogP contribution in [0.2, 0.25) is 0 Å². The molecular weight excluding hydrogens is 326 g/mol. The molecule has 0 aromatic heterocycles. The maximum absolute atomic E-state index is 12.5. The largest absolute Gasteiger partial charge is 0.490 e. The van der Waals surface area contributed by atoms with E-state index in [-0.39, 0.29) is 11.4 Å². The van der Waals surface area contributed by atoms with E-state index in [0.29, 0.717) is 19.6 Å². The molecule has 4 aliphatic carbocycles. The van der Waals surface area contributed by atoms with E-state index < -0.39 is 0 Å². The van der Waals surface area contributed by atoms with Gasteiger partial charge in [0, 0.05) is 12.0 Å². The molecule has 1 aromatic carbocycles. The van der Waals surface area contributed by atoms with E-state index in [2.05, 4.69) is 5.32 Å². The molecule has 4 bridgehead atoms. The minimum Gasteiger partial charge on any atom is -0.490 e. The fraction of sp³-hybridized carbons (Fsp3) is 0.682. The zero-order valence-electron chi connectivity index (χ0n) is 15.8. The van der Waals surface area contributed by atoms with Crippen LogP contribution in [0, 0.1) is 17.8 Å². The number of benzene rings is 1. The highest BCUT2D eigenvalue weighted by molar-refractivity contribution is 5.76. The molecule has 0 unspecified atom stereocenters. The number of hydrogen-bond donors (Lipinski definition) is 1. The number of ether oxygens (including phenoxy) is 2. The minimum atomic E-state index is 0.119. The second-order valence-corrected chi connectivity index (χ2v) is 8.58. The Morgan fingerprint density at radius 2 is 1.62 bits per heavy atom. The van der Waals surface area contributed by atoms with Crippen molar-refractivity contribution in [2.45, 2.75) is 63.8 Å². The van der Waals surface area contributed by atoms with E-state index in [1.165, 1.54) is 38.5 Å². The van der Waals surface area contributed by atoms with Crippen LogP contribution in [-0.2, 0) is 4.79 Å². The van der Waals surface area contributed by atoms with Gasteiger partial charge in [-0.1, -0.05) is 12.1 Å². The number of amides is 1. The van der Waals surface area contributed by atoms with Crippen molar-refractivity contribution >= 4 is 5.91 Å². The van der Waals surface area contributed by atoms with Crippen LogP contribution in [0.15, 0.2) is 24.3 Å². The van der Waals surface area contributed by atoms with E-state index >= 15 is 0 Å². The maximum Gasteiger partial charge on any atom is 0.220 e. The number of para-hydroxylation sites is 2. The van der Waals surface area contributed by atoms with Gasteiger partial charge in [-0.2, -0.15) is 0 Å². The van der Waals surface area contributed by atoms with Gasteiger partial charge in [-0.25, -0.2) is 0 Å². The number of nitrogens with one attached hydrogen (secondary N) is 1. The van der Waals surface area contributed by atoms with Gasteiger partial charge >= 0.3 is 0 Å². The minimum absolute atomic E-state index is 0.119. The topological polar surface area (TPSA) is 47.6 Å². The van der Waals surface area contributed by atoms with Crippen LogP contribution in [0.1, 0.15) is 58.3 Å². The Hall–Kier alpha value is -1.71. The second kappa shape index (κ2) is 7.50. The number of carbonyl (C=O) groups excluding carboxylic acids is 1. The monoisotopic (exact) mass is 357 g/mol. The smallest absolute Gasteiger partial charge is 0.220 e. The Labute approximate surface area is 156 Å². The first-order valence-electron chi connectivity index (χ1n) is 10.3. The van der Waals surface area contributed by atoms with Crippen LogP contribution in [0.3, 0.4) is 0 Å². The van der Waals surface area contributed by atoms with Crippen LogP contribution in [0.5, 0.6) is 11.5 Å². The third-order valence-electron chi connectivity index (χ3n) is 6.40. The van der Waals surface area contributed by atoms with Crippen LogP contribution in [-0.4, -0.2) is 24.7 Å². The molecule has 0 aliphatic heterocycles. The summed E-state index contributed by atoms with van der Waals surface area (Å²) in [4.78, 5) is 12.5. The summed E-state index contributed by atoms with van der Waals surface area (Å²) in [5.74, 6) is 4.32.